The molecule has 1 aliphatic rings. The molecule has 0 amide bonds. The highest BCUT2D eigenvalue weighted by atomic mass is 16.5. The maximum atomic E-state index is 8.95. The molecular weight excluding hydrogens is 224 g/mol. The van der Waals surface area contributed by atoms with Gasteiger partial charge in [-0.1, -0.05) is 26.0 Å². The van der Waals surface area contributed by atoms with Crippen LogP contribution in [0.2, 0.25) is 0 Å². The monoisotopic (exact) mass is 248 g/mol. The first-order valence-corrected chi connectivity index (χ1v) is 7.06. The molecule has 0 aromatic heterocycles. The Morgan fingerprint density at radius 3 is 2.44 bits per heavy atom. The molecule has 0 spiro atoms. The topological polar surface area (TPSA) is 29.5 Å². The standard InChI is InChI=1S/C16H24O2/c1-3-12(2)15-4-6-16(7-5-15)18-11-14-8-13(9-14)10-17/h4-7,12-14,17H,3,8-11H2,1-2H3/t12-,13?,14?/m0/s1. The Bertz CT molecular complexity index is 352. The van der Waals surface area contributed by atoms with Crippen molar-refractivity contribution in [3.8, 4) is 5.75 Å². The second-order valence-corrected chi connectivity index (χ2v) is 5.58. The van der Waals surface area contributed by atoms with Crippen molar-refractivity contribution in [3.05, 3.63) is 29.8 Å². The second kappa shape index (κ2) is 6.24. The number of ether oxygens (including phenoxy) is 1. The summed E-state index contributed by atoms with van der Waals surface area (Å²) < 4.78 is 5.79. The van der Waals surface area contributed by atoms with Gasteiger partial charge < -0.3 is 9.84 Å². The average molecular weight is 248 g/mol. The largest absolute Gasteiger partial charge is 0.493 e. The van der Waals surface area contributed by atoms with Gasteiger partial charge >= 0.3 is 0 Å². The van der Waals surface area contributed by atoms with Crippen LogP contribution in [0.5, 0.6) is 5.75 Å². The molecule has 1 aromatic carbocycles. The Balaban J connectivity index is 1.77. The molecule has 100 valence electrons. The molecule has 1 aliphatic carbocycles. The molecule has 1 saturated carbocycles. The molecule has 2 heteroatoms. The van der Waals surface area contributed by atoms with E-state index in [1.54, 1.807) is 0 Å². The zero-order chi connectivity index (χ0) is 13.0. The molecule has 1 fully saturated rings. The van der Waals surface area contributed by atoms with Crippen molar-refractivity contribution in [3.63, 3.8) is 0 Å². The van der Waals surface area contributed by atoms with Gasteiger partial charge in [0.05, 0.1) is 6.61 Å². The number of hydrogen-bond acceptors (Lipinski definition) is 2. The normalized spacial score (nSPS) is 24.4. The highest BCUT2D eigenvalue weighted by Gasteiger charge is 2.28. The van der Waals surface area contributed by atoms with Crippen LogP contribution < -0.4 is 4.74 Å². The van der Waals surface area contributed by atoms with Gasteiger partial charge in [-0.2, -0.15) is 0 Å². The zero-order valence-corrected chi connectivity index (χ0v) is 11.4. The van der Waals surface area contributed by atoms with E-state index in [2.05, 4.69) is 38.1 Å². The van der Waals surface area contributed by atoms with Gasteiger partial charge in [0.25, 0.3) is 0 Å². The molecule has 18 heavy (non-hydrogen) atoms. The van der Waals surface area contributed by atoms with Gasteiger partial charge in [0, 0.05) is 6.61 Å². The molecule has 0 unspecified atom stereocenters. The zero-order valence-electron chi connectivity index (χ0n) is 11.4. The number of benzene rings is 1. The molecule has 0 bridgehead atoms. The summed E-state index contributed by atoms with van der Waals surface area (Å²) >= 11 is 0. The highest BCUT2D eigenvalue weighted by Crippen LogP contribution is 2.33. The summed E-state index contributed by atoms with van der Waals surface area (Å²) in [7, 11) is 0. The Labute approximate surface area is 110 Å². The SMILES string of the molecule is CC[C@H](C)c1ccc(OCC2CC(CO)C2)cc1. The lowest BCUT2D eigenvalue weighted by Gasteiger charge is -2.33. The third-order valence-electron chi connectivity index (χ3n) is 4.14. The van der Waals surface area contributed by atoms with Gasteiger partial charge in [-0.25, -0.2) is 0 Å². The molecule has 0 saturated heterocycles. The minimum Gasteiger partial charge on any atom is -0.493 e. The van der Waals surface area contributed by atoms with E-state index in [0.29, 0.717) is 24.4 Å². The van der Waals surface area contributed by atoms with E-state index in [1.807, 2.05) is 0 Å². The second-order valence-electron chi connectivity index (χ2n) is 5.58. The first-order valence-electron chi connectivity index (χ1n) is 7.06. The van der Waals surface area contributed by atoms with Crippen molar-refractivity contribution in [2.24, 2.45) is 11.8 Å². The van der Waals surface area contributed by atoms with E-state index in [9.17, 15) is 0 Å². The fourth-order valence-electron chi connectivity index (χ4n) is 2.50. The number of hydrogen-bond donors (Lipinski definition) is 1. The van der Waals surface area contributed by atoms with Gasteiger partial charge in [-0.3, -0.25) is 0 Å². The number of aliphatic hydroxyl groups excluding tert-OH is 1. The predicted molar refractivity (Wildman–Crippen MR) is 73.9 cm³/mol. The van der Waals surface area contributed by atoms with Crippen LogP contribution in [0.15, 0.2) is 24.3 Å². The summed E-state index contributed by atoms with van der Waals surface area (Å²) in [4.78, 5) is 0. The number of rotatable bonds is 6. The smallest absolute Gasteiger partial charge is 0.119 e. The van der Waals surface area contributed by atoms with Gasteiger partial charge in [0.15, 0.2) is 0 Å². The maximum Gasteiger partial charge on any atom is 0.119 e. The average Bonchev–Trinajstić information content (AvgIpc) is 2.37. The Morgan fingerprint density at radius 1 is 1.22 bits per heavy atom. The molecule has 2 nitrogen and oxygen atoms in total. The van der Waals surface area contributed by atoms with Crippen molar-refractivity contribution in [1.29, 1.82) is 0 Å². The molecule has 0 aliphatic heterocycles. The van der Waals surface area contributed by atoms with E-state index in [-0.39, 0.29) is 0 Å². The minimum absolute atomic E-state index is 0.333. The summed E-state index contributed by atoms with van der Waals surface area (Å²) in [5, 5.41) is 8.95. The van der Waals surface area contributed by atoms with Gasteiger partial charge in [-0.15, -0.1) is 0 Å². The van der Waals surface area contributed by atoms with Gasteiger partial charge in [0.1, 0.15) is 5.75 Å². The van der Waals surface area contributed by atoms with Crippen molar-refractivity contribution < 1.29 is 9.84 Å². The Kier molecular flexibility index (Phi) is 4.65. The van der Waals surface area contributed by atoms with Gasteiger partial charge in [0.2, 0.25) is 0 Å². The first-order chi connectivity index (χ1) is 8.72. The van der Waals surface area contributed by atoms with E-state index < -0.39 is 0 Å². The van der Waals surface area contributed by atoms with E-state index in [0.717, 1.165) is 25.2 Å². The van der Waals surface area contributed by atoms with Crippen LogP contribution in [-0.2, 0) is 0 Å². The molecular formula is C16H24O2. The first kappa shape index (κ1) is 13.4. The van der Waals surface area contributed by atoms with Crippen molar-refractivity contribution in [2.45, 2.75) is 39.0 Å². The van der Waals surface area contributed by atoms with Crippen molar-refractivity contribution in [1.82, 2.24) is 0 Å². The van der Waals surface area contributed by atoms with Crippen molar-refractivity contribution >= 4 is 0 Å². The van der Waals surface area contributed by atoms with E-state index in [4.69, 9.17) is 9.84 Å². The lowest BCUT2D eigenvalue weighted by atomic mass is 9.76. The molecule has 0 heterocycles. The van der Waals surface area contributed by atoms with E-state index >= 15 is 0 Å². The third-order valence-corrected chi connectivity index (χ3v) is 4.14. The highest BCUT2D eigenvalue weighted by molar-refractivity contribution is 5.29. The van der Waals surface area contributed by atoms with E-state index in [1.165, 1.54) is 12.0 Å². The summed E-state index contributed by atoms with van der Waals surface area (Å²) in [6, 6.07) is 8.48. The van der Waals surface area contributed by atoms with Crippen molar-refractivity contribution in [2.75, 3.05) is 13.2 Å². The quantitative estimate of drug-likeness (QED) is 0.833. The fourth-order valence-corrected chi connectivity index (χ4v) is 2.50. The summed E-state index contributed by atoms with van der Waals surface area (Å²) in [5.41, 5.74) is 1.38. The molecule has 1 N–H and O–H groups in total. The van der Waals surface area contributed by atoms with Crippen LogP contribution in [-0.4, -0.2) is 18.3 Å². The van der Waals surface area contributed by atoms with Crippen LogP contribution in [0, 0.1) is 11.8 Å². The number of aliphatic hydroxyl groups is 1. The third kappa shape index (κ3) is 3.26. The molecule has 0 radical (unpaired) electrons. The lowest BCUT2D eigenvalue weighted by Crippen LogP contribution is -2.30. The van der Waals surface area contributed by atoms with Crippen LogP contribution in [0.4, 0.5) is 0 Å². The molecule has 2 rings (SSSR count). The molecule has 1 aromatic rings. The van der Waals surface area contributed by atoms with Gasteiger partial charge in [-0.05, 0) is 54.7 Å². The lowest BCUT2D eigenvalue weighted by molar-refractivity contribution is 0.0730. The summed E-state index contributed by atoms with van der Waals surface area (Å²) in [6.07, 6.45) is 3.40. The van der Waals surface area contributed by atoms with Crippen LogP contribution >= 0.6 is 0 Å². The Morgan fingerprint density at radius 2 is 1.89 bits per heavy atom. The fraction of sp³-hybridized carbons (Fsp3) is 0.625. The summed E-state index contributed by atoms with van der Waals surface area (Å²) in [6.45, 7) is 5.59. The Hall–Kier alpha value is -1.02. The van der Waals surface area contributed by atoms with Crippen LogP contribution in [0.3, 0.4) is 0 Å². The van der Waals surface area contributed by atoms with Crippen LogP contribution in [0.25, 0.3) is 0 Å². The molecule has 1 atom stereocenters. The predicted octanol–water partition coefficient (Wildman–Crippen LogP) is 3.60. The summed E-state index contributed by atoms with van der Waals surface area (Å²) in [5.74, 6) is 2.74. The maximum absolute atomic E-state index is 8.95. The minimum atomic E-state index is 0.333. The van der Waals surface area contributed by atoms with Crippen LogP contribution in [0.1, 0.15) is 44.6 Å².